The predicted octanol–water partition coefficient (Wildman–Crippen LogP) is 1.25. The Hall–Kier alpha value is -1.08. The summed E-state index contributed by atoms with van der Waals surface area (Å²) in [6.45, 7) is 2.10. The molecule has 2 rings (SSSR count). The average Bonchev–Trinajstić information content (AvgIpc) is 2.54. The first-order chi connectivity index (χ1) is 8.90. The summed E-state index contributed by atoms with van der Waals surface area (Å²) in [5.74, 6) is 0.409. The summed E-state index contributed by atoms with van der Waals surface area (Å²) in [4.78, 5) is 0.0754. The lowest BCUT2D eigenvalue weighted by atomic mass is 9.98. The highest BCUT2D eigenvalue weighted by atomic mass is 32.2. The van der Waals surface area contributed by atoms with Gasteiger partial charge in [0, 0.05) is 19.3 Å². The first-order valence-corrected chi connectivity index (χ1v) is 8.20. The normalized spacial score (nSPS) is 25.2. The predicted molar refractivity (Wildman–Crippen MR) is 74.0 cm³/mol. The van der Waals surface area contributed by atoms with Gasteiger partial charge in [0.25, 0.3) is 0 Å². The van der Waals surface area contributed by atoms with Gasteiger partial charge in [-0.2, -0.15) is 5.10 Å². The number of nitrogens with one attached hydrogen (secondary N) is 1. The molecule has 2 atom stereocenters. The van der Waals surface area contributed by atoms with Gasteiger partial charge in [-0.1, -0.05) is 26.2 Å². The van der Waals surface area contributed by atoms with Gasteiger partial charge in [-0.05, 0) is 18.8 Å². The highest BCUT2D eigenvalue weighted by Gasteiger charge is 2.28. The molecule has 19 heavy (non-hydrogen) atoms. The van der Waals surface area contributed by atoms with Gasteiger partial charge in [-0.3, -0.25) is 4.68 Å². The van der Waals surface area contributed by atoms with Crippen molar-refractivity contribution in [2.45, 2.75) is 50.0 Å². The van der Waals surface area contributed by atoms with Crippen LogP contribution in [0.1, 0.15) is 39.0 Å². The summed E-state index contributed by atoms with van der Waals surface area (Å²) < 4.78 is 28.9. The molecule has 0 spiro atoms. The monoisotopic (exact) mass is 286 g/mol. The van der Waals surface area contributed by atoms with Crippen LogP contribution in [-0.4, -0.2) is 24.2 Å². The third-order valence-electron chi connectivity index (χ3n) is 3.78. The molecule has 1 aliphatic rings. The molecule has 0 saturated heterocycles. The van der Waals surface area contributed by atoms with Crippen molar-refractivity contribution in [1.29, 1.82) is 0 Å². The SMILES string of the molecule is CC1CCCCCC1NS(=O)(=O)c1cn(C)nc1N. The summed E-state index contributed by atoms with van der Waals surface area (Å²) in [5, 5.41) is 3.88. The Morgan fingerprint density at radius 2 is 2.05 bits per heavy atom. The molecule has 108 valence electrons. The number of aromatic nitrogens is 2. The highest BCUT2D eigenvalue weighted by Crippen LogP contribution is 2.25. The minimum atomic E-state index is -3.58. The fourth-order valence-corrected chi connectivity index (χ4v) is 4.11. The Labute approximate surface area is 114 Å². The maximum atomic E-state index is 12.3. The molecular weight excluding hydrogens is 264 g/mol. The molecule has 1 fully saturated rings. The molecule has 1 saturated carbocycles. The van der Waals surface area contributed by atoms with E-state index in [4.69, 9.17) is 5.73 Å². The number of anilines is 1. The number of sulfonamides is 1. The summed E-state index contributed by atoms with van der Waals surface area (Å²) in [6, 6.07) is -0.00731. The average molecular weight is 286 g/mol. The number of nitrogens with zero attached hydrogens (tertiary/aromatic N) is 2. The second-order valence-corrected chi connectivity index (χ2v) is 7.08. The zero-order chi connectivity index (χ0) is 14.0. The largest absolute Gasteiger partial charge is 0.381 e. The van der Waals surface area contributed by atoms with Crippen molar-refractivity contribution in [3.05, 3.63) is 6.20 Å². The van der Waals surface area contributed by atoms with E-state index in [1.807, 2.05) is 0 Å². The topological polar surface area (TPSA) is 90.0 Å². The molecule has 0 amide bonds. The number of hydrogen-bond acceptors (Lipinski definition) is 4. The van der Waals surface area contributed by atoms with E-state index in [0.29, 0.717) is 5.92 Å². The number of nitrogen functional groups attached to an aromatic ring is 1. The van der Waals surface area contributed by atoms with Crippen LogP contribution in [0.25, 0.3) is 0 Å². The van der Waals surface area contributed by atoms with Gasteiger partial charge < -0.3 is 5.73 Å². The van der Waals surface area contributed by atoms with Crippen molar-refractivity contribution < 1.29 is 8.42 Å². The van der Waals surface area contributed by atoms with Gasteiger partial charge in [-0.25, -0.2) is 13.1 Å². The maximum Gasteiger partial charge on any atom is 0.246 e. The fourth-order valence-electron chi connectivity index (χ4n) is 2.62. The van der Waals surface area contributed by atoms with Crippen LogP contribution in [0, 0.1) is 5.92 Å². The van der Waals surface area contributed by atoms with E-state index in [-0.39, 0.29) is 16.8 Å². The molecule has 2 unspecified atom stereocenters. The van der Waals surface area contributed by atoms with Crippen LogP contribution in [-0.2, 0) is 17.1 Å². The molecule has 0 aromatic carbocycles. The first-order valence-electron chi connectivity index (χ1n) is 6.71. The minimum Gasteiger partial charge on any atom is -0.381 e. The Balaban J connectivity index is 2.18. The smallest absolute Gasteiger partial charge is 0.246 e. The van der Waals surface area contributed by atoms with Crippen molar-refractivity contribution in [3.63, 3.8) is 0 Å². The quantitative estimate of drug-likeness (QED) is 0.818. The summed E-state index contributed by atoms with van der Waals surface area (Å²) in [5.41, 5.74) is 5.65. The van der Waals surface area contributed by atoms with Gasteiger partial charge >= 0.3 is 0 Å². The third-order valence-corrected chi connectivity index (χ3v) is 5.29. The van der Waals surface area contributed by atoms with E-state index in [2.05, 4.69) is 16.7 Å². The molecule has 3 N–H and O–H groups in total. The molecule has 1 aliphatic carbocycles. The second-order valence-electron chi connectivity index (χ2n) is 5.40. The lowest BCUT2D eigenvalue weighted by Gasteiger charge is -2.22. The lowest BCUT2D eigenvalue weighted by molar-refractivity contribution is 0.399. The molecule has 1 aromatic rings. The standard InChI is InChI=1S/C12H22N4O2S/c1-9-6-4-3-5-7-10(9)15-19(17,18)11-8-16(2)14-12(11)13/h8-10,15H,3-7H2,1-2H3,(H2,13,14). The minimum absolute atomic E-state index is 0.00731. The second kappa shape index (κ2) is 5.50. The molecule has 6 nitrogen and oxygen atoms in total. The van der Waals surface area contributed by atoms with Gasteiger partial charge in [-0.15, -0.1) is 0 Å². The lowest BCUT2D eigenvalue weighted by Crippen LogP contribution is -2.38. The van der Waals surface area contributed by atoms with Crippen molar-refractivity contribution in [2.75, 3.05) is 5.73 Å². The Bertz CT molecular complexity index is 538. The van der Waals surface area contributed by atoms with Crippen molar-refractivity contribution in [2.24, 2.45) is 13.0 Å². The van der Waals surface area contributed by atoms with Crippen LogP contribution >= 0.6 is 0 Å². The maximum absolute atomic E-state index is 12.3. The molecule has 0 bridgehead atoms. The van der Waals surface area contributed by atoms with Crippen LogP contribution in [0.5, 0.6) is 0 Å². The molecule has 1 aromatic heterocycles. The molecule has 7 heteroatoms. The van der Waals surface area contributed by atoms with E-state index in [9.17, 15) is 8.42 Å². The van der Waals surface area contributed by atoms with Crippen LogP contribution in [0.2, 0.25) is 0 Å². The summed E-state index contributed by atoms with van der Waals surface area (Å²) in [7, 11) is -1.92. The zero-order valence-electron chi connectivity index (χ0n) is 11.5. The van der Waals surface area contributed by atoms with Crippen LogP contribution in [0.3, 0.4) is 0 Å². The fraction of sp³-hybridized carbons (Fsp3) is 0.750. The van der Waals surface area contributed by atoms with Gasteiger partial charge in [0.2, 0.25) is 10.0 Å². The van der Waals surface area contributed by atoms with Gasteiger partial charge in [0.15, 0.2) is 5.82 Å². The van der Waals surface area contributed by atoms with E-state index >= 15 is 0 Å². The molecule has 0 aliphatic heterocycles. The van der Waals surface area contributed by atoms with Crippen LogP contribution in [0.4, 0.5) is 5.82 Å². The van der Waals surface area contributed by atoms with Crippen molar-refractivity contribution in [1.82, 2.24) is 14.5 Å². The molecule has 0 radical (unpaired) electrons. The number of hydrogen-bond donors (Lipinski definition) is 2. The molecular formula is C12H22N4O2S. The Morgan fingerprint density at radius 1 is 1.37 bits per heavy atom. The van der Waals surface area contributed by atoms with E-state index in [0.717, 1.165) is 19.3 Å². The molecule has 1 heterocycles. The van der Waals surface area contributed by atoms with Gasteiger partial charge in [0.1, 0.15) is 4.90 Å². The van der Waals surface area contributed by atoms with Crippen LogP contribution in [0.15, 0.2) is 11.1 Å². The van der Waals surface area contributed by atoms with Crippen molar-refractivity contribution >= 4 is 15.8 Å². The van der Waals surface area contributed by atoms with Gasteiger partial charge in [0.05, 0.1) is 0 Å². The number of nitrogens with two attached hydrogens (primary N) is 1. The first kappa shape index (κ1) is 14.3. The Kier molecular flexibility index (Phi) is 4.15. The summed E-state index contributed by atoms with van der Waals surface area (Å²) in [6.07, 6.45) is 6.82. The summed E-state index contributed by atoms with van der Waals surface area (Å²) >= 11 is 0. The number of aryl methyl sites for hydroxylation is 1. The van der Waals surface area contributed by atoms with E-state index in [1.165, 1.54) is 23.7 Å². The van der Waals surface area contributed by atoms with E-state index in [1.54, 1.807) is 7.05 Å². The third kappa shape index (κ3) is 3.27. The van der Waals surface area contributed by atoms with Crippen LogP contribution < -0.4 is 10.5 Å². The zero-order valence-corrected chi connectivity index (χ0v) is 12.3. The highest BCUT2D eigenvalue weighted by molar-refractivity contribution is 7.89. The van der Waals surface area contributed by atoms with E-state index < -0.39 is 10.0 Å². The number of rotatable bonds is 3. The Morgan fingerprint density at radius 3 is 2.68 bits per heavy atom. The van der Waals surface area contributed by atoms with Crippen molar-refractivity contribution in [3.8, 4) is 0 Å².